The van der Waals surface area contributed by atoms with E-state index in [-0.39, 0.29) is 5.12 Å². The zero-order valence-corrected chi connectivity index (χ0v) is 26.7. The molecule has 2 heterocycles. The average molecular weight is 633 g/mol. The smallest absolute Gasteiger partial charge is 0.193 e. The Morgan fingerprint density at radius 1 is 0.574 bits per heavy atom. The van der Waals surface area contributed by atoms with Crippen molar-refractivity contribution < 1.29 is 14.3 Å². The molecule has 0 aliphatic heterocycles. The van der Waals surface area contributed by atoms with Crippen LogP contribution in [0.1, 0.15) is 29.8 Å². The third kappa shape index (κ3) is 6.46. The number of hydrogen-bond acceptors (Lipinski definition) is 5. The van der Waals surface area contributed by atoms with Gasteiger partial charge in [0.25, 0.3) is 0 Å². The molecule has 47 heavy (non-hydrogen) atoms. The standard InChI is InChI=1S/C41H32N2O3S/c1-27(41(44)47)32-15-10-16-34(33-13-4-8-19-38(33)45-25-30-23-21-28-11-2-6-17-36(28)42-30)40(32)35-14-5-9-20-39(35)46-26-31-24-22-29-12-3-7-18-37(29)43-31/h2-24,27H,25-26H2,1H3,(H,44,47)/t27-/m0/s1. The number of benzene rings is 5. The molecular weight excluding hydrogens is 601 g/mol. The summed E-state index contributed by atoms with van der Waals surface area (Å²) in [6.45, 7) is 2.48. The molecule has 0 fully saturated rings. The van der Waals surface area contributed by atoms with Gasteiger partial charge >= 0.3 is 0 Å². The molecule has 2 aromatic heterocycles. The number of carbonyl (C=O) groups is 1. The largest absolute Gasteiger partial charge is 0.487 e. The van der Waals surface area contributed by atoms with E-state index < -0.39 is 5.92 Å². The van der Waals surface area contributed by atoms with E-state index >= 15 is 0 Å². The number of hydrogen-bond donors (Lipinski definition) is 1. The summed E-state index contributed by atoms with van der Waals surface area (Å²) in [4.78, 5) is 22.3. The molecule has 0 saturated carbocycles. The Kier molecular flexibility index (Phi) is 8.67. The summed E-state index contributed by atoms with van der Waals surface area (Å²) in [7, 11) is 0. The molecule has 7 rings (SSSR count). The Hall–Kier alpha value is -5.46. The van der Waals surface area contributed by atoms with Gasteiger partial charge in [0.05, 0.1) is 28.3 Å². The van der Waals surface area contributed by atoms with Crippen molar-refractivity contribution in [2.75, 3.05) is 0 Å². The molecule has 5 aromatic carbocycles. The van der Waals surface area contributed by atoms with Crippen LogP contribution >= 0.6 is 12.6 Å². The fourth-order valence-corrected chi connectivity index (χ4v) is 6.02. The molecule has 5 nitrogen and oxygen atoms in total. The molecule has 0 unspecified atom stereocenters. The highest BCUT2D eigenvalue weighted by Crippen LogP contribution is 2.45. The van der Waals surface area contributed by atoms with E-state index in [0.29, 0.717) is 24.7 Å². The lowest BCUT2D eigenvalue weighted by atomic mass is 9.85. The number of ether oxygens (including phenoxy) is 2. The van der Waals surface area contributed by atoms with Crippen molar-refractivity contribution in [2.24, 2.45) is 0 Å². The zero-order chi connectivity index (χ0) is 32.2. The number of fused-ring (bicyclic) bond motifs is 2. The first-order chi connectivity index (χ1) is 23.0. The lowest BCUT2D eigenvalue weighted by Gasteiger charge is -2.22. The van der Waals surface area contributed by atoms with Crippen molar-refractivity contribution >= 4 is 39.5 Å². The lowest BCUT2D eigenvalue weighted by Crippen LogP contribution is -2.07. The second kappa shape index (κ2) is 13.5. The van der Waals surface area contributed by atoms with Gasteiger partial charge in [-0.2, -0.15) is 0 Å². The number of rotatable bonds is 10. The molecule has 0 saturated heterocycles. The SMILES string of the molecule is C[C@H](C(=O)S)c1cccc(-c2ccccc2OCc2ccc3ccccc3n2)c1-c1ccccc1OCc1ccc2ccccc2n1. The van der Waals surface area contributed by atoms with Gasteiger partial charge in [-0.25, -0.2) is 9.97 Å². The highest BCUT2D eigenvalue weighted by molar-refractivity contribution is 7.96. The van der Waals surface area contributed by atoms with E-state index in [0.717, 1.165) is 61.0 Å². The molecule has 0 spiro atoms. The predicted molar refractivity (Wildman–Crippen MR) is 192 cm³/mol. The van der Waals surface area contributed by atoms with Crippen molar-refractivity contribution in [2.45, 2.75) is 26.1 Å². The van der Waals surface area contributed by atoms with Gasteiger partial charge in [0, 0.05) is 21.9 Å². The van der Waals surface area contributed by atoms with E-state index in [4.69, 9.17) is 19.4 Å². The first-order valence-electron chi connectivity index (χ1n) is 15.5. The third-order valence-electron chi connectivity index (χ3n) is 8.33. The molecule has 0 amide bonds. The maximum absolute atomic E-state index is 12.7. The van der Waals surface area contributed by atoms with E-state index in [1.807, 2.05) is 128 Å². The van der Waals surface area contributed by atoms with E-state index in [9.17, 15) is 4.79 Å². The summed E-state index contributed by atoms with van der Waals surface area (Å²) in [5, 5.41) is 1.95. The van der Waals surface area contributed by atoms with E-state index in [2.05, 4.69) is 30.8 Å². The molecule has 0 aliphatic carbocycles. The molecular formula is C41H32N2O3S. The number of thiol groups is 1. The minimum atomic E-state index is -0.460. The third-order valence-corrected chi connectivity index (χ3v) is 8.72. The minimum absolute atomic E-state index is 0.214. The summed E-state index contributed by atoms with van der Waals surface area (Å²) in [6, 6.07) is 46.1. The molecule has 6 heteroatoms. The van der Waals surface area contributed by atoms with Crippen LogP contribution in [-0.2, 0) is 18.0 Å². The number of para-hydroxylation sites is 4. The number of pyridine rings is 2. The highest BCUT2D eigenvalue weighted by Gasteiger charge is 2.23. The van der Waals surface area contributed by atoms with Gasteiger partial charge in [-0.1, -0.05) is 110 Å². The number of aromatic nitrogens is 2. The monoisotopic (exact) mass is 632 g/mol. The number of nitrogens with zero attached hydrogens (tertiary/aromatic N) is 2. The predicted octanol–water partition coefficient (Wildman–Crippen LogP) is 9.83. The van der Waals surface area contributed by atoms with Gasteiger partial charge in [0.15, 0.2) is 5.12 Å². The van der Waals surface area contributed by atoms with Crippen LogP contribution in [0.15, 0.2) is 140 Å². The molecule has 230 valence electrons. The second-order valence-electron chi connectivity index (χ2n) is 11.4. The van der Waals surface area contributed by atoms with Crippen molar-refractivity contribution in [1.82, 2.24) is 9.97 Å². The Labute approximate surface area is 279 Å². The van der Waals surface area contributed by atoms with Crippen LogP contribution in [0.4, 0.5) is 0 Å². The van der Waals surface area contributed by atoms with Crippen LogP contribution in [0.25, 0.3) is 44.1 Å². The van der Waals surface area contributed by atoms with Crippen LogP contribution < -0.4 is 9.47 Å². The fourth-order valence-electron chi connectivity index (χ4n) is 5.88. The molecule has 7 aromatic rings. The van der Waals surface area contributed by atoms with Crippen LogP contribution in [0, 0.1) is 0 Å². The van der Waals surface area contributed by atoms with Gasteiger partial charge in [-0.15, -0.1) is 12.6 Å². The normalized spacial score (nSPS) is 11.8. The topological polar surface area (TPSA) is 61.3 Å². The van der Waals surface area contributed by atoms with Crippen LogP contribution in [0.3, 0.4) is 0 Å². The first kappa shape index (κ1) is 30.2. The van der Waals surface area contributed by atoms with Crippen LogP contribution in [0.5, 0.6) is 11.5 Å². The second-order valence-corrected chi connectivity index (χ2v) is 11.8. The Morgan fingerprint density at radius 3 is 1.66 bits per heavy atom. The van der Waals surface area contributed by atoms with E-state index in [1.54, 1.807) is 0 Å². The molecule has 0 N–H and O–H groups in total. The lowest BCUT2D eigenvalue weighted by molar-refractivity contribution is -0.111. The quantitative estimate of drug-likeness (QED) is 0.152. The summed E-state index contributed by atoms with van der Waals surface area (Å²) >= 11 is 4.24. The van der Waals surface area contributed by atoms with Gasteiger partial charge in [-0.3, -0.25) is 4.79 Å². The van der Waals surface area contributed by atoms with E-state index in [1.165, 1.54) is 0 Å². The van der Waals surface area contributed by atoms with Gasteiger partial charge < -0.3 is 9.47 Å². The minimum Gasteiger partial charge on any atom is -0.487 e. The van der Waals surface area contributed by atoms with Gasteiger partial charge in [0.1, 0.15) is 24.7 Å². The zero-order valence-electron chi connectivity index (χ0n) is 25.8. The molecule has 0 bridgehead atoms. The molecule has 0 radical (unpaired) electrons. The van der Waals surface area contributed by atoms with Crippen molar-refractivity contribution in [3.8, 4) is 33.8 Å². The summed E-state index contributed by atoms with van der Waals surface area (Å²) < 4.78 is 12.9. The average Bonchev–Trinajstić information content (AvgIpc) is 3.12. The first-order valence-corrected chi connectivity index (χ1v) is 16.0. The Balaban J connectivity index is 1.27. The maximum Gasteiger partial charge on any atom is 0.193 e. The number of carbonyl (C=O) groups excluding carboxylic acids is 1. The van der Waals surface area contributed by atoms with Crippen LogP contribution in [0.2, 0.25) is 0 Å². The van der Waals surface area contributed by atoms with Crippen LogP contribution in [-0.4, -0.2) is 15.1 Å². The Morgan fingerprint density at radius 2 is 1.06 bits per heavy atom. The van der Waals surface area contributed by atoms with Crippen molar-refractivity contribution in [3.05, 3.63) is 156 Å². The maximum atomic E-state index is 12.7. The summed E-state index contributed by atoms with van der Waals surface area (Å²) in [5.74, 6) is 0.941. The van der Waals surface area contributed by atoms with Gasteiger partial charge in [-0.05, 0) is 53.1 Å². The fraction of sp³-hybridized carbons (Fsp3) is 0.0976. The summed E-state index contributed by atoms with van der Waals surface area (Å²) in [5.41, 5.74) is 7.95. The summed E-state index contributed by atoms with van der Waals surface area (Å²) in [6.07, 6.45) is 0. The molecule has 0 aliphatic rings. The van der Waals surface area contributed by atoms with Gasteiger partial charge in [0.2, 0.25) is 0 Å². The Bertz CT molecular complexity index is 2230. The molecule has 1 atom stereocenters. The highest BCUT2D eigenvalue weighted by atomic mass is 32.1. The van der Waals surface area contributed by atoms with Crippen molar-refractivity contribution in [1.29, 1.82) is 0 Å². The van der Waals surface area contributed by atoms with Crippen molar-refractivity contribution in [3.63, 3.8) is 0 Å².